The number of amides is 1. The average molecular weight is 454 g/mol. The number of thiazole rings is 1. The van der Waals surface area contributed by atoms with Gasteiger partial charge >= 0.3 is 0 Å². The molecule has 0 unspecified atom stereocenters. The van der Waals surface area contributed by atoms with E-state index in [0.717, 1.165) is 21.0 Å². The Morgan fingerprint density at radius 3 is 2.68 bits per heavy atom. The molecule has 6 nitrogen and oxygen atoms in total. The van der Waals surface area contributed by atoms with Crippen LogP contribution in [-0.4, -0.2) is 25.1 Å². The van der Waals surface area contributed by atoms with Gasteiger partial charge in [-0.2, -0.15) is 5.26 Å². The molecule has 3 rings (SSSR count). The zero-order valence-electron chi connectivity index (χ0n) is 17.2. The summed E-state index contributed by atoms with van der Waals surface area (Å²) in [6.45, 7) is 1.95. The van der Waals surface area contributed by atoms with Crippen molar-refractivity contribution in [3.05, 3.63) is 74.8 Å². The van der Waals surface area contributed by atoms with Gasteiger partial charge in [-0.25, -0.2) is 4.98 Å². The van der Waals surface area contributed by atoms with Gasteiger partial charge in [0.1, 0.15) is 11.6 Å². The predicted molar refractivity (Wildman–Crippen MR) is 123 cm³/mol. The Bertz CT molecular complexity index is 1180. The van der Waals surface area contributed by atoms with Gasteiger partial charge in [-0.3, -0.25) is 10.1 Å². The third-order valence-corrected chi connectivity index (χ3v) is 5.79. The number of carbonyl (C=O) groups excluding carboxylic acids is 1. The van der Waals surface area contributed by atoms with Crippen molar-refractivity contribution in [3.63, 3.8) is 0 Å². The highest BCUT2D eigenvalue weighted by molar-refractivity contribution is 7.15. The van der Waals surface area contributed by atoms with Gasteiger partial charge in [-0.1, -0.05) is 29.8 Å². The lowest BCUT2D eigenvalue weighted by Gasteiger charge is -2.08. The molecule has 0 aliphatic rings. The van der Waals surface area contributed by atoms with E-state index in [4.69, 9.17) is 21.1 Å². The van der Waals surface area contributed by atoms with E-state index in [1.165, 1.54) is 31.6 Å². The largest absolute Gasteiger partial charge is 0.493 e. The highest BCUT2D eigenvalue weighted by Gasteiger charge is 2.13. The fraction of sp³-hybridized carbons (Fsp3) is 0.174. The van der Waals surface area contributed by atoms with Crippen molar-refractivity contribution >= 4 is 40.1 Å². The van der Waals surface area contributed by atoms with Crippen LogP contribution in [0.2, 0.25) is 5.02 Å². The summed E-state index contributed by atoms with van der Waals surface area (Å²) < 4.78 is 10.5. The molecule has 1 amide bonds. The van der Waals surface area contributed by atoms with E-state index in [0.29, 0.717) is 28.6 Å². The summed E-state index contributed by atoms with van der Waals surface area (Å²) in [5, 5.41) is 13.3. The number of hydrogen-bond acceptors (Lipinski definition) is 6. The Kier molecular flexibility index (Phi) is 7.29. The SMILES string of the molecule is COc1ccc(/C=C(\C#N)C(=O)Nc2ncc(Cc3ccc(C)c(Cl)c3)s2)cc1OC. The zero-order valence-corrected chi connectivity index (χ0v) is 18.8. The number of ether oxygens (including phenoxy) is 2. The number of aryl methyl sites for hydroxylation is 1. The van der Waals surface area contributed by atoms with Crippen molar-refractivity contribution in [2.24, 2.45) is 0 Å². The molecule has 158 valence electrons. The molecule has 0 aliphatic carbocycles. The van der Waals surface area contributed by atoms with Crippen molar-refractivity contribution in [1.29, 1.82) is 5.26 Å². The highest BCUT2D eigenvalue weighted by atomic mass is 35.5. The fourth-order valence-corrected chi connectivity index (χ4v) is 3.86. The van der Waals surface area contributed by atoms with Crippen LogP contribution < -0.4 is 14.8 Å². The molecule has 31 heavy (non-hydrogen) atoms. The second kappa shape index (κ2) is 10.1. The van der Waals surface area contributed by atoms with E-state index in [2.05, 4.69) is 10.3 Å². The lowest BCUT2D eigenvalue weighted by molar-refractivity contribution is -0.112. The number of nitrogens with zero attached hydrogens (tertiary/aromatic N) is 2. The minimum atomic E-state index is -0.531. The number of halogens is 1. The van der Waals surface area contributed by atoms with Crippen LogP contribution in [0.15, 0.2) is 48.2 Å². The molecule has 0 aliphatic heterocycles. The van der Waals surface area contributed by atoms with E-state index in [1.54, 1.807) is 24.4 Å². The Morgan fingerprint density at radius 1 is 1.23 bits per heavy atom. The summed E-state index contributed by atoms with van der Waals surface area (Å²) in [5.74, 6) is 0.541. The molecule has 0 saturated heterocycles. The fourth-order valence-electron chi connectivity index (χ4n) is 2.82. The van der Waals surface area contributed by atoms with E-state index in [1.807, 2.05) is 31.2 Å². The topological polar surface area (TPSA) is 84.2 Å². The van der Waals surface area contributed by atoms with Gasteiger partial charge in [0.25, 0.3) is 5.91 Å². The summed E-state index contributed by atoms with van der Waals surface area (Å²) in [6, 6.07) is 13.0. The second-order valence-electron chi connectivity index (χ2n) is 6.63. The van der Waals surface area contributed by atoms with Crippen LogP contribution in [0.25, 0.3) is 6.08 Å². The van der Waals surface area contributed by atoms with Crippen LogP contribution in [0.3, 0.4) is 0 Å². The second-order valence-corrected chi connectivity index (χ2v) is 8.15. The molecule has 0 bridgehead atoms. The Balaban J connectivity index is 1.72. The first-order valence-corrected chi connectivity index (χ1v) is 10.5. The molecule has 2 aromatic carbocycles. The first-order valence-electron chi connectivity index (χ1n) is 9.28. The van der Waals surface area contributed by atoms with Crippen LogP contribution in [0.4, 0.5) is 5.13 Å². The van der Waals surface area contributed by atoms with Gasteiger partial charge in [0.15, 0.2) is 16.6 Å². The maximum Gasteiger partial charge on any atom is 0.268 e. The summed E-state index contributed by atoms with van der Waals surface area (Å²) in [6.07, 6.45) is 3.85. The predicted octanol–water partition coefficient (Wildman–Crippen LogP) is 5.26. The number of rotatable bonds is 7. The van der Waals surface area contributed by atoms with Gasteiger partial charge < -0.3 is 9.47 Å². The van der Waals surface area contributed by atoms with E-state index >= 15 is 0 Å². The number of anilines is 1. The standard InChI is InChI=1S/C23H20ClN3O3S/c1-14-4-5-16(10-19(14)24)9-18-13-26-23(31-18)27-22(28)17(12-25)8-15-6-7-20(29-2)21(11-15)30-3/h4-8,10-11,13H,9H2,1-3H3,(H,26,27,28)/b17-8+. The molecule has 0 spiro atoms. The summed E-state index contributed by atoms with van der Waals surface area (Å²) in [5.41, 5.74) is 2.67. The molecule has 0 fully saturated rings. The van der Waals surface area contributed by atoms with Crippen molar-refractivity contribution in [2.45, 2.75) is 13.3 Å². The first kappa shape index (κ1) is 22.3. The zero-order chi connectivity index (χ0) is 22.4. The summed E-state index contributed by atoms with van der Waals surface area (Å²) >= 11 is 7.54. The van der Waals surface area contributed by atoms with Crippen molar-refractivity contribution in [2.75, 3.05) is 19.5 Å². The van der Waals surface area contributed by atoms with Crippen LogP contribution in [0, 0.1) is 18.3 Å². The van der Waals surface area contributed by atoms with E-state index < -0.39 is 5.91 Å². The van der Waals surface area contributed by atoms with Crippen molar-refractivity contribution in [3.8, 4) is 17.6 Å². The molecule has 8 heteroatoms. The summed E-state index contributed by atoms with van der Waals surface area (Å²) in [4.78, 5) is 17.8. The third kappa shape index (κ3) is 5.63. The molecule has 0 radical (unpaired) electrons. The summed E-state index contributed by atoms with van der Waals surface area (Å²) in [7, 11) is 3.06. The van der Waals surface area contributed by atoms with Gasteiger partial charge in [0.05, 0.1) is 14.2 Å². The first-order chi connectivity index (χ1) is 14.9. The molecule has 0 atom stereocenters. The van der Waals surface area contributed by atoms with Gasteiger partial charge in [0.2, 0.25) is 0 Å². The number of nitriles is 1. The third-order valence-electron chi connectivity index (χ3n) is 4.47. The molecule has 0 saturated carbocycles. The molecule has 1 aromatic heterocycles. The molecule has 1 heterocycles. The molecular formula is C23H20ClN3O3S. The van der Waals surface area contributed by atoms with Crippen LogP contribution in [0.1, 0.15) is 21.6 Å². The maximum absolute atomic E-state index is 12.6. The Labute approximate surface area is 189 Å². The molecule has 3 aromatic rings. The minimum absolute atomic E-state index is 0.0470. The van der Waals surface area contributed by atoms with Gasteiger partial charge in [-0.15, -0.1) is 11.3 Å². The van der Waals surface area contributed by atoms with Gasteiger partial charge in [0, 0.05) is 22.5 Å². The number of methoxy groups -OCH3 is 2. The maximum atomic E-state index is 12.6. The number of nitrogens with one attached hydrogen (secondary N) is 1. The number of aromatic nitrogens is 1. The quantitative estimate of drug-likeness (QED) is 0.389. The highest BCUT2D eigenvalue weighted by Crippen LogP contribution is 2.29. The smallest absolute Gasteiger partial charge is 0.268 e. The van der Waals surface area contributed by atoms with E-state index in [9.17, 15) is 10.1 Å². The Hall–Kier alpha value is -3.34. The average Bonchev–Trinajstić information content (AvgIpc) is 3.20. The number of hydrogen-bond donors (Lipinski definition) is 1. The Morgan fingerprint density at radius 2 is 2.00 bits per heavy atom. The normalized spacial score (nSPS) is 11.0. The molecular weight excluding hydrogens is 434 g/mol. The van der Waals surface area contributed by atoms with Crippen LogP contribution in [-0.2, 0) is 11.2 Å². The van der Waals surface area contributed by atoms with E-state index in [-0.39, 0.29) is 5.57 Å². The van der Waals surface area contributed by atoms with Crippen molar-refractivity contribution in [1.82, 2.24) is 4.98 Å². The monoisotopic (exact) mass is 453 g/mol. The number of benzene rings is 2. The number of carbonyl (C=O) groups is 1. The lowest BCUT2D eigenvalue weighted by atomic mass is 10.1. The van der Waals surface area contributed by atoms with Crippen LogP contribution in [0.5, 0.6) is 11.5 Å². The molecule has 1 N–H and O–H groups in total. The van der Waals surface area contributed by atoms with Crippen molar-refractivity contribution < 1.29 is 14.3 Å². The lowest BCUT2D eigenvalue weighted by Crippen LogP contribution is -2.13. The minimum Gasteiger partial charge on any atom is -0.493 e. The van der Waals surface area contributed by atoms with Gasteiger partial charge in [-0.05, 0) is 47.9 Å². The van der Waals surface area contributed by atoms with Crippen LogP contribution >= 0.6 is 22.9 Å².